The van der Waals surface area contributed by atoms with Gasteiger partial charge < -0.3 is 11.1 Å². The number of nitrogens with zero attached hydrogens (tertiary/aromatic N) is 2. The number of pyridine rings is 1. The molecule has 2 aromatic rings. The maximum absolute atomic E-state index is 11.9. The molecule has 7 heteroatoms. The molecule has 0 saturated carbocycles. The Balaban J connectivity index is 2.21. The maximum atomic E-state index is 11.9. The fourth-order valence-corrected chi connectivity index (χ4v) is 1.53. The van der Waals surface area contributed by atoms with Crippen molar-refractivity contribution in [3.05, 3.63) is 34.4 Å². The third-order valence-corrected chi connectivity index (χ3v) is 2.88. The van der Waals surface area contributed by atoms with Gasteiger partial charge in [0.05, 0.1) is 23.3 Å². The minimum absolute atomic E-state index is 0.167. The van der Waals surface area contributed by atoms with Crippen molar-refractivity contribution in [3.63, 3.8) is 0 Å². The first-order chi connectivity index (χ1) is 8.49. The van der Waals surface area contributed by atoms with Crippen molar-refractivity contribution < 1.29 is 4.79 Å². The number of carbonyl (C=O) groups is 1. The fraction of sp³-hybridized carbons (Fsp3) is 0.182. The molecule has 2 rings (SSSR count). The third kappa shape index (κ3) is 2.28. The number of nitrogens with two attached hydrogens (primary N) is 1. The Bertz CT molecular complexity index is 607. The van der Waals surface area contributed by atoms with E-state index in [0.717, 1.165) is 5.56 Å². The Morgan fingerprint density at radius 3 is 2.78 bits per heavy atom. The minimum atomic E-state index is -0.389. The molecule has 0 aliphatic carbocycles. The number of amides is 1. The number of aromatic nitrogens is 3. The molecule has 0 aromatic carbocycles. The molecule has 1 amide bonds. The lowest BCUT2D eigenvalue weighted by molar-refractivity contribution is 0.102. The maximum Gasteiger partial charge on any atom is 0.278 e. The summed E-state index contributed by atoms with van der Waals surface area (Å²) in [6.45, 7) is 3.55. The Morgan fingerprint density at radius 2 is 2.22 bits per heavy atom. The standard InChI is InChI=1S/C11H12ClN5O/c1-5-3-7(4-14-10(5)12)15-11(18)9-8(13)6(2)16-17-9/h3-4H,13H2,1-2H3,(H,15,18)(H,16,17). The molecule has 0 atom stereocenters. The number of nitrogens with one attached hydrogen (secondary N) is 2. The van der Waals surface area contributed by atoms with Gasteiger partial charge in [-0.25, -0.2) is 4.98 Å². The molecule has 94 valence electrons. The number of aryl methyl sites for hydroxylation is 2. The second-order valence-electron chi connectivity index (χ2n) is 3.90. The van der Waals surface area contributed by atoms with E-state index in [0.29, 0.717) is 22.2 Å². The highest BCUT2D eigenvalue weighted by atomic mass is 35.5. The second-order valence-corrected chi connectivity index (χ2v) is 4.25. The van der Waals surface area contributed by atoms with Gasteiger partial charge in [0.2, 0.25) is 0 Å². The summed E-state index contributed by atoms with van der Waals surface area (Å²) >= 11 is 5.80. The van der Waals surface area contributed by atoms with Crippen molar-refractivity contribution >= 4 is 28.9 Å². The quantitative estimate of drug-likeness (QED) is 0.723. The summed E-state index contributed by atoms with van der Waals surface area (Å²) in [7, 11) is 0. The molecule has 2 heterocycles. The smallest absolute Gasteiger partial charge is 0.278 e. The molecule has 0 saturated heterocycles. The van der Waals surface area contributed by atoms with Crippen LogP contribution in [0.4, 0.5) is 11.4 Å². The normalized spacial score (nSPS) is 10.4. The number of anilines is 2. The first-order valence-electron chi connectivity index (χ1n) is 5.23. The van der Waals surface area contributed by atoms with Gasteiger partial charge >= 0.3 is 0 Å². The van der Waals surface area contributed by atoms with Gasteiger partial charge in [-0.3, -0.25) is 9.89 Å². The van der Waals surface area contributed by atoms with E-state index in [1.165, 1.54) is 6.20 Å². The van der Waals surface area contributed by atoms with Gasteiger partial charge in [-0.05, 0) is 25.5 Å². The molecule has 0 bridgehead atoms. The second kappa shape index (κ2) is 4.66. The summed E-state index contributed by atoms with van der Waals surface area (Å²) in [6.07, 6.45) is 1.48. The van der Waals surface area contributed by atoms with Crippen LogP contribution in [-0.4, -0.2) is 21.1 Å². The number of carbonyl (C=O) groups excluding carboxylic acids is 1. The van der Waals surface area contributed by atoms with E-state index >= 15 is 0 Å². The van der Waals surface area contributed by atoms with Crippen LogP contribution in [0.25, 0.3) is 0 Å². The van der Waals surface area contributed by atoms with Crippen LogP contribution in [0.2, 0.25) is 5.15 Å². The van der Waals surface area contributed by atoms with Crippen LogP contribution in [0.15, 0.2) is 12.3 Å². The van der Waals surface area contributed by atoms with E-state index in [9.17, 15) is 4.79 Å². The summed E-state index contributed by atoms with van der Waals surface area (Å²) < 4.78 is 0. The van der Waals surface area contributed by atoms with Gasteiger partial charge in [-0.15, -0.1) is 0 Å². The Labute approximate surface area is 109 Å². The monoisotopic (exact) mass is 265 g/mol. The van der Waals surface area contributed by atoms with Crippen LogP contribution in [0, 0.1) is 13.8 Å². The molecule has 0 unspecified atom stereocenters. The molecule has 18 heavy (non-hydrogen) atoms. The highest BCUT2D eigenvalue weighted by Crippen LogP contribution is 2.18. The summed E-state index contributed by atoms with van der Waals surface area (Å²) in [5, 5.41) is 9.56. The summed E-state index contributed by atoms with van der Waals surface area (Å²) in [5.41, 5.74) is 8.21. The van der Waals surface area contributed by atoms with Gasteiger partial charge in [0, 0.05) is 0 Å². The average Bonchev–Trinajstić information content (AvgIpc) is 2.65. The number of hydrogen-bond donors (Lipinski definition) is 3. The topological polar surface area (TPSA) is 96.7 Å². The Kier molecular flexibility index (Phi) is 3.20. The number of H-pyrrole nitrogens is 1. The zero-order valence-corrected chi connectivity index (χ0v) is 10.7. The molecule has 4 N–H and O–H groups in total. The Morgan fingerprint density at radius 1 is 1.50 bits per heavy atom. The van der Waals surface area contributed by atoms with Gasteiger partial charge in [0.15, 0.2) is 5.69 Å². The highest BCUT2D eigenvalue weighted by Gasteiger charge is 2.15. The van der Waals surface area contributed by atoms with Crippen LogP contribution in [0.1, 0.15) is 21.7 Å². The van der Waals surface area contributed by atoms with Crippen molar-refractivity contribution in [3.8, 4) is 0 Å². The molecule has 2 aromatic heterocycles. The molecular weight excluding hydrogens is 254 g/mol. The van der Waals surface area contributed by atoms with Crippen molar-refractivity contribution in [1.82, 2.24) is 15.2 Å². The van der Waals surface area contributed by atoms with E-state index in [1.807, 2.05) is 0 Å². The Hall–Kier alpha value is -2.08. The molecular formula is C11H12ClN5O. The summed E-state index contributed by atoms with van der Waals surface area (Å²) in [5.74, 6) is -0.389. The zero-order valence-electron chi connectivity index (χ0n) is 9.91. The van der Waals surface area contributed by atoms with E-state index in [2.05, 4.69) is 20.5 Å². The van der Waals surface area contributed by atoms with Crippen LogP contribution < -0.4 is 11.1 Å². The van der Waals surface area contributed by atoms with Gasteiger partial charge in [0.25, 0.3) is 5.91 Å². The van der Waals surface area contributed by atoms with E-state index < -0.39 is 0 Å². The zero-order chi connectivity index (χ0) is 13.3. The molecule has 0 aliphatic rings. The molecule has 0 aliphatic heterocycles. The minimum Gasteiger partial charge on any atom is -0.395 e. The van der Waals surface area contributed by atoms with Gasteiger partial charge in [-0.1, -0.05) is 11.6 Å². The van der Waals surface area contributed by atoms with Crippen molar-refractivity contribution in [2.24, 2.45) is 0 Å². The van der Waals surface area contributed by atoms with Gasteiger partial charge in [-0.2, -0.15) is 5.10 Å². The van der Waals surface area contributed by atoms with E-state index in [1.54, 1.807) is 19.9 Å². The number of nitrogen functional groups attached to an aromatic ring is 1. The largest absolute Gasteiger partial charge is 0.395 e. The van der Waals surface area contributed by atoms with Crippen LogP contribution in [0.5, 0.6) is 0 Å². The molecule has 0 fully saturated rings. The third-order valence-electron chi connectivity index (χ3n) is 2.48. The highest BCUT2D eigenvalue weighted by molar-refractivity contribution is 6.30. The van der Waals surface area contributed by atoms with Crippen molar-refractivity contribution in [2.75, 3.05) is 11.1 Å². The SMILES string of the molecule is Cc1cc(NC(=O)c2n[nH]c(C)c2N)cnc1Cl. The summed E-state index contributed by atoms with van der Waals surface area (Å²) in [4.78, 5) is 15.9. The lowest BCUT2D eigenvalue weighted by Gasteiger charge is -2.05. The first-order valence-corrected chi connectivity index (χ1v) is 5.60. The van der Waals surface area contributed by atoms with Gasteiger partial charge in [0.1, 0.15) is 5.15 Å². The first kappa shape index (κ1) is 12.4. The van der Waals surface area contributed by atoms with Crippen LogP contribution >= 0.6 is 11.6 Å². The van der Waals surface area contributed by atoms with Crippen molar-refractivity contribution in [1.29, 1.82) is 0 Å². The molecule has 0 radical (unpaired) electrons. The molecule has 0 spiro atoms. The van der Waals surface area contributed by atoms with Crippen molar-refractivity contribution in [2.45, 2.75) is 13.8 Å². The lowest BCUT2D eigenvalue weighted by Crippen LogP contribution is -2.14. The number of rotatable bonds is 2. The average molecular weight is 266 g/mol. The number of halogens is 1. The van der Waals surface area contributed by atoms with E-state index in [-0.39, 0.29) is 11.6 Å². The summed E-state index contributed by atoms with van der Waals surface area (Å²) in [6, 6.07) is 1.73. The lowest BCUT2D eigenvalue weighted by atomic mass is 10.2. The fourth-order valence-electron chi connectivity index (χ4n) is 1.43. The van der Waals surface area contributed by atoms with Crippen LogP contribution in [-0.2, 0) is 0 Å². The van der Waals surface area contributed by atoms with E-state index in [4.69, 9.17) is 17.3 Å². The molecule has 6 nitrogen and oxygen atoms in total. The number of aromatic amines is 1. The van der Waals surface area contributed by atoms with Crippen LogP contribution in [0.3, 0.4) is 0 Å². The number of hydrogen-bond acceptors (Lipinski definition) is 4. The predicted octanol–water partition coefficient (Wildman–Crippen LogP) is 1.91. The predicted molar refractivity (Wildman–Crippen MR) is 69.7 cm³/mol.